The molecular formula is C16H18FNO4. The molecule has 118 valence electrons. The van der Waals surface area contributed by atoms with Crippen LogP contribution in [0, 0.1) is 5.82 Å². The van der Waals surface area contributed by atoms with Crippen molar-refractivity contribution in [1.82, 2.24) is 4.90 Å². The zero-order valence-electron chi connectivity index (χ0n) is 12.5. The number of ether oxygens (including phenoxy) is 1. The van der Waals surface area contributed by atoms with Crippen molar-refractivity contribution in [2.75, 3.05) is 27.3 Å². The van der Waals surface area contributed by atoms with E-state index in [9.17, 15) is 14.3 Å². The van der Waals surface area contributed by atoms with E-state index < -0.39 is 17.8 Å². The first-order chi connectivity index (χ1) is 10.5. The standard InChI is InChI=1S/C16H18FNO4/c1-18(9-11(19)10-21-2)16(20)15-8-7-14(22-15)12-5-3-4-6-13(12)17/h3-8,11,19H,9-10H2,1-2H3. The summed E-state index contributed by atoms with van der Waals surface area (Å²) in [6, 6.07) is 9.21. The molecule has 2 rings (SSSR count). The fourth-order valence-corrected chi connectivity index (χ4v) is 2.09. The molecule has 1 N–H and O–H groups in total. The molecule has 0 aliphatic heterocycles. The monoisotopic (exact) mass is 307 g/mol. The lowest BCUT2D eigenvalue weighted by Gasteiger charge is -2.19. The molecule has 0 bridgehead atoms. The van der Waals surface area contributed by atoms with E-state index in [1.807, 2.05) is 0 Å². The molecule has 0 spiro atoms. The average Bonchev–Trinajstić information content (AvgIpc) is 2.96. The molecule has 0 aliphatic carbocycles. The molecule has 0 aliphatic rings. The maximum atomic E-state index is 13.7. The summed E-state index contributed by atoms with van der Waals surface area (Å²) in [6.45, 7) is 0.249. The van der Waals surface area contributed by atoms with Crippen LogP contribution in [-0.2, 0) is 4.74 Å². The van der Waals surface area contributed by atoms with Crippen LogP contribution < -0.4 is 0 Å². The van der Waals surface area contributed by atoms with Crippen LogP contribution in [0.4, 0.5) is 4.39 Å². The molecule has 1 aromatic heterocycles. The number of amides is 1. The van der Waals surface area contributed by atoms with Crippen LogP contribution in [0.3, 0.4) is 0 Å². The number of nitrogens with zero attached hydrogens (tertiary/aromatic N) is 1. The highest BCUT2D eigenvalue weighted by atomic mass is 19.1. The SMILES string of the molecule is COCC(O)CN(C)C(=O)c1ccc(-c2ccccc2F)o1. The molecule has 1 atom stereocenters. The molecule has 0 saturated carbocycles. The Balaban J connectivity index is 2.11. The second-order valence-electron chi connectivity index (χ2n) is 4.94. The van der Waals surface area contributed by atoms with Crippen LogP contribution in [0.2, 0.25) is 0 Å². The summed E-state index contributed by atoms with van der Waals surface area (Å²) < 4.78 is 23.9. The van der Waals surface area contributed by atoms with Gasteiger partial charge in [0.05, 0.1) is 18.3 Å². The van der Waals surface area contributed by atoms with E-state index in [1.54, 1.807) is 31.3 Å². The Morgan fingerprint density at radius 1 is 1.36 bits per heavy atom. The number of hydrogen-bond acceptors (Lipinski definition) is 4. The lowest BCUT2D eigenvalue weighted by atomic mass is 10.1. The van der Waals surface area contributed by atoms with Gasteiger partial charge in [0.25, 0.3) is 5.91 Å². The minimum absolute atomic E-state index is 0.0883. The number of aliphatic hydroxyl groups is 1. The lowest BCUT2D eigenvalue weighted by molar-refractivity contribution is 0.0368. The molecule has 1 aromatic carbocycles. The van der Waals surface area contributed by atoms with E-state index in [-0.39, 0.29) is 24.7 Å². The topological polar surface area (TPSA) is 62.9 Å². The second-order valence-corrected chi connectivity index (χ2v) is 4.94. The van der Waals surface area contributed by atoms with Crippen LogP contribution >= 0.6 is 0 Å². The van der Waals surface area contributed by atoms with E-state index in [0.29, 0.717) is 5.56 Å². The zero-order chi connectivity index (χ0) is 16.1. The number of methoxy groups -OCH3 is 1. The Labute approximate surface area is 127 Å². The molecule has 0 saturated heterocycles. The normalized spacial score (nSPS) is 12.2. The molecular weight excluding hydrogens is 289 g/mol. The van der Waals surface area contributed by atoms with Crippen LogP contribution in [0.1, 0.15) is 10.6 Å². The Morgan fingerprint density at radius 2 is 2.09 bits per heavy atom. The second kappa shape index (κ2) is 7.20. The number of aliphatic hydroxyl groups excluding tert-OH is 1. The van der Waals surface area contributed by atoms with Gasteiger partial charge in [-0.25, -0.2) is 4.39 Å². The van der Waals surface area contributed by atoms with Gasteiger partial charge in [-0.05, 0) is 24.3 Å². The number of carbonyl (C=O) groups is 1. The van der Waals surface area contributed by atoms with Gasteiger partial charge in [-0.15, -0.1) is 0 Å². The maximum Gasteiger partial charge on any atom is 0.289 e. The largest absolute Gasteiger partial charge is 0.451 e. The summed E-state index contributed by atoms with van der Waals surface area (Å²) in [4.78, 5) is 13.5. The van der Waals surface area contributed by atoms with Gasteiger partial charge in [0.1, 0.15) is 11.6 Å². The van der Waals surface area contributed by atoms with Crippen molar-refractivity contribution in [2.24, 2.45) is 0 Å². The van der Waals surface area contributed by atoms with Crippen molar-refractivity contribution in [3.05, 3.63) is 48.0 Å². The predicted octanol–water partition coefficient (Wildman–Crippen LogP) is 2.17. The molecule has 6 heteroatoms. The highest BCUT2D eigenvalue weighted by Crippen LogP contribution is 2.25. The molecule has 0 radical (unpaired) electrons. The maximum absolute atomic E-state index is 13.7. The summed E-state index contributed by atoms with van der Waals surface area (Å²) in [6.07, 6.45) is -0.778. The average molecular weight is 307 g/mol. The van der Waals surface area contributed by atoms with Crippen molar-refractivity contribution in [3.8, 4) is 11.3 Å². The van der Waals surface area contributed by atoms with E-state index >= 15 is 0 Å². The van der Waals surface area contributed by atoms with Gasteiger partial charge in [-0.3, -0.25) is 4.79 Å². The number of likely N-dealkylation sites (N-methyl/N-ethyl adjacent to an activating group) is 1. The molecule has 1 amide bonds. The molecule has 1 unspecified atom stereocenters. The summed E-state index contributed by atoms with van der Waals surface area (Å²) >= 11 is 0. The van der Waals surface area contributed by atoms with E-state index in [2.05, 4.69) is 0 Å². The number of rotatable bonds is 6. The molecule has 0 fully saturated rings. The molecule has 5 nitrogen and oxygen atoms in total. The third-order valence-corrected chi connectivity index (χ3v) is 3.15. The van der Waals surface area contributed by atoms with E-state index in [0.717, 1.165) is 0 Å². The Kier molecular flexibility index (Phi) is 5.30. The van der Waals surface area contributed by atoms with Crippen molar-refractivity contribution in [1.29, 1.82) is 0 Å². The van der Waals surface area contributed by atoms with Gasteiger partial charge >= 0.3 is 0 Å². The highest BCUT2D eigenvalue weighted by molar-refractivity contribution is 5.92. The van der Waals surface area contributed by atoms with Gasteiger partial charge in [0, 0.05) is 20.7 Å². The van der Waals surface area contributed by atoms with Gasteiger partial charge in [0.2, 0.25) is 0 Å². The third-order valence-electron chi connectivity index (χ3n) is 3.15. The fraction of sp³-hybridized carbons (Fsp3) is 0.312. The quantitative estimate of drug-likeness (QED) is 0.888. The minimum Gasteiger partial charge on any atom is -0.451 e. The lowest BCUT2D eigenvalue weighted by Crippen LogP contribution is -2.36. The van der Waals surface area contributed by atoms with Crippen LogP contribution in [0.15, 0.2) is 40.8 Å². The summed E-state index contributed by atoms with van der Waals surface area (Å²) in [5.74, 6) is -0.435. The van der Waals surface area contributed by atoms with E-state index in [1.165, 1.54) is 24.1 Å². The summed E-state index contributed by atoms with van der Waals surface area (Å²) in [7, 11) is 3.02. The Morgan fingerprint density at radius 3 is 2.77 bits per heavy atom. The molecule has 2 aromatic rings. The van der Waals surface area contributed by atoms with Crippen molar-refractivity contribution < 1.29 is 23.4 Å². The van der Waals surface area contributed by atoms with Crippen molar-refractivity contribution in [3.63, 3.8) is 0 Å². The summed E-state index contributed by atoms with van der Waals surface area (Å²) in [5.41, 5.74) is 0.295. The van der Waals surface area contributed by atoms with Gasteiger partial charge in [-0.2, -0.15) is 0 Å². The van der Waals surface area contributed by atoms with Gasteiger partial charge in [-0.1, -0.05) is 12.1 Å². The van der Waals surface area contributed by atoms with Gasteiger partial charge < -0.3 is 19.2 Å². The van der Waals surface area contributed by atoms with Crippen molar-refractivity contribution >= 4 is 5.91 Å². The van der Waals surface area contributed by atoms with Crippen LogP contribution in [0.25, 0.3) is 11.3 Å². The smallest absolute Gasteiger partial charge is 0.289 e. The highest BCUT2D eigenvalue weighted by Gasteiger charge is 2.19. The van der Waals surface area contributed by atoms with Crippen molar-refractivity contribution in [2.45, 2.75) is 6.10 Å². The molecule has 1 heterocycles. The fourth-order valence-electron chi connectivity index (χ4n) is 2.09. The van der Waals surface area contributed by atoms with Crippen LogP contribution in [-0.4, -0.2) is 49.3 Å². The number of furan rings is 1. The van der Waals surface area contributed by atoms with Crippen LogP contribution in [0.5, 0.6) is 0 Å². The van der Waals surface area contributed by atoms with Gasteiger partial charge in [0.15, 0.2) is 5.76 Å². The summed E-state index contributed by atoms with van der Waals surface area (Å²) in [5, 5.41) is 9.64. The molecule has 22 heavy (non-hydrogen) atoms. The first-order valence-electron chi connectivity index (χ1n) is 6.80. The Hall–Kier alpha value is -2.18. The number of benzene rings is 1. The number of hydrogen-bond donors (Lipinski definition) is 1. The first kappa shape index (κ1) is 16.2. The third kappa shape index (κ3) is 3.72. The predicted molar refractivity (Wildman–Crippen MR) is 78.9 cm³/mol. The first-order valence-corrected chi connectivity index (χ1v) is 6.80. The van der Waals surface area contributed by atoms with E-state index in [4.69, 9.17) is 9.15 Å². The number of halogens is 1. The zero-order valence-corrected chi connectivity index (χ0v) is 12.5. The Bertz CT molecular complexity index is 641. The number of carbonyl (C=O) groups excluding carboxylic acids is 1. The minimum atomic E-state index is -0.778.